The minimum atomic E-state index is -0.762. The van der Waals surface area contributed by atoms with Gasteiger partial charge in [-0.1, -0.05) is 25.0 Å². The summed E-state index contributed by atoms with van der Waals surface area (Å²) in [4.78, 5) is 22.6. The molecule has 0 fully saturated rings. The molecule has 6 nitrogen and oxygen atoms in total. The molecule has 1 aliphatic heterocycles. The maximum atomic E-state index is 12.2. The van der Waals surface area contributed by atoms with Crippen molar-refractivity contribution in [3.63, 3.8) is 0 Å². The lowest BCUT2D eigenvalue weighted by molar-refractivity contribution is -0.137. The van der Waals surface area contributed by atoms with E-state index in [1.807, 2.05) is 25.1 Å². The van der Waals surface area contributed by atoms with Crippen molar-refractivity contribution >= 4 is 11.9 Å². The van der Waals surface area contributed by atoms with Crippen LogP contribution in [0.15, 0.2) is 24.3 Å². The molecular formula is C17H23NO5. The summed E-state index contributed by atoms with van der Waals surface area (Å²) in [6.07, 6.45) is 2.46. The van der Waals surface area contributed by atoms with Crippen LogP contribution in [-0.2, 0) is 9.59 Å². The number of hydrogen-bond acceptors (Lipinski definition) is 4. The van der Waals surface area contributed by atoms with Gasteiger partial charge in [0, 0.05) is 13.0 Å². The number of carbonyl (C=O) groups is 2. The standard InChI is InChI=1S/C17H23NO5/c1-12-16(23-14-9-6-5-8-13(14)22-12)17(21)18-11-7-3-2-4-10-15(19)20/h5-6,8-9,12,16H,2-4,7,10-11H2,1H3,(H,18,21)(H,19,20). The topological polar surface area (TPSA) is 84.9 Å². The van der Waals surface area contributed by atoms with Gasteiger partial charge in [-0.3, -0.25) is 9.59 Å². The third kappa shape index (κ3) is 5.16. The highest BCUT2D eigenvalue weighted by Gasteiger charge is 2.33. The summed E-state index contributed by atoms with van der Waals surface area (Å²) in [7, 11) is 0. The summed E-state index contributed by atoms with van der Waals surface area (Å²) in [6, 6.07) is 7.30. The predicted octanol–water partition coefficient (Wildman–Crippen LogP) is 2.37. The Morgan fingerprint density at radius 1 is 1.09 bits per heavy atom. The predicted molar refractivity (Wildman–Crippen MR) is 84.7 cm³/mol. The highest BCUT2D eigenvalue weighted by Crippen LogP contribution is 2.33. The van der Waals surface area contributed by atoms with Gasteiger partial charge in [-0.15, -0.1) is 0 Å². The van der Waals surface area contributed by atoms with Gasteiger partial charge in [-0.2, -0.15) is 0 Å². The molecule has 1 heterocycles. The van der Waals surface area contributed by atoms with Crippen molar-refractivity contribution < 1.29 is 24.2 Å². The van der Waals surface area contributed by atoms with E-state index >= 15 is 0 Å². The third-order valence-corrected chi connectivity index (χ3v) is 3.72. The summed E-state index contributed by atoms with van der Waals surface area (Å²) < 4.78 is 11.4. The lowest BCUT2D eigenvalue weighted by atomic mass is 10.1. The zero-order valence-electron chi connectivity index (χ0n) is 13.3. The first-order chi connectivity index (χ1) is 11.1. The molecule has 0 bridgehead atoms. The number of fused-ring (bicyclic) bond motifs is 1. The van der Waals surface area contributed by atoms with E-state index < -0.39 is 12.1 Å². The Bertz CT molecular complexity index is 546. The van der Waals surface area contributed by atoms with Gasteiger partial charge in [-0.25, -0.2) is 0 Å². The lowest BCUT2D eigenvalue weighted by Crippen LogP contribution is -2.49. The number of benzene rings is 1. The molecule has 2 unspecified atom stereocenters. The zero-order chi connectivity index (χ0) is 16.7. The van der Waals surface area contributed by atoms with E-state index in [-0.39, 0.29) is 18.4 Å². The molecular weight excluding hydrogens is 298 g/mol. The van der Waals surface area contributed by atoms with Crippen LogP contribution in [-0.4, -0.2) is 35.7 Å². The van der Waals surface area contributed by atoms with Gasteiger partial charge >= 0.3 is 5.97 Å². The number of carbonyl (C=O) groups excluding carboxylic acids is 1. The van der Waals surface area contributed by atoms with Crippen LogP contribution >= 0.6 is 0 Å². The van der Waals surface area contributed by atoms with Gasteiger partial charge in [-0.05, 0) is 31.9 Å². The molecule has 126 valence electrons. The van der Waals surface area contributed by atoms with E-state index in [1.54, 1.807) is 6.07 Å². The van der Waals surface area contributed by atoms with Gasteiger partial charge in [0.1, 0.15) is 6.10 Å². The van der Waals surface area contributed by atoms with E-state index in [4.69, 9.17) is 14.6 Å². The maximum absolute atomic E-state index is 12.2. The number of ether oxygens (including phenoxy) is 2. The number of hydrogen-bond donors (Lipinski definition) is 2. The summed E-state index contributed by atoms with van der Waals surface area (Å²) >= 11 is 0. The average Bonchev–Trinajstić information content (AvgIpc) is 2.52. The minimum Gasteiger partial charge on any atom is -0.482 e. The third-order valence-electron chi connectivity index (χ3n) is 3.72. The zero-order valence-corrected chi connectivity index (χ0v) is 13.3. The number of para-hydroxylation sites is 2. The fraction of sp³-hybridized carbons (Fsp3) is 0.529. The van der Waals surface area contributed by atoms with Crippen LogP contribution in [0.25, 0.3) is 0 Å². The highest BCUT2D eigenvalue weighted by molar-refractivity contribution is 5.82. The number of carboxylic acid groups (broad SMARTS) is 1. The fourth-order valence-corrected chi connectivity index (χ4v) is 2.47. The van der Waals surface area contributed by atoms with Gasteiger partial charge in [0.2, 0.25) is 6.10 Å². The van der Waals surface area contributed by atoms with Crippen molar-refractivity contribution in [2.45, 2.75) is 51.2 Å². The molecule has 1 amide bonds. The summed E-state index contributed by atoms with van der Waals surface area (Å²) in [6.45, 7) is 2.37. The molecule has 6 heteroatoms. The molecule has 2 atom stereocenters. The largest absolute Gasteiger partial charge is 0.482 e. The Hall–Kier alpha value is -2.24. The minimum absolute atomic E-state index is 0.183. The first-order valence-electron chi connectivity index (χ1n) is 8.00. The van der Waals surface area contributed by atoms with Crippen LogP contribution in [0, 0.1) is 0 Å². The molecule has 1 aromatic carbocycles. The maximum Gasteiger partial charge on any atom is 0.303 e. The molecule has 0 radical (unpaired) electrons. The van der Waals surface area contributed by atoms with Crippen molar-refractivity contribution in [1.82, 2.24) is 5.32 Å². The van der Waals surface area contributed by atoms with Crippen LogP contribution in [0.3, 0.4) is 0 Å². The SMILES string of the molecule is CC1Oc2ccccc2OC1C(=O)NCCCCCCC(=O)O. The van der Waals surface area contributed by atoms with Crippen LogP contribution in [0.4, 0.5) is 0 Å². The Morgan fingerprint density at radius 3 is 2.43 bits per heavy atom. The number of amides is 1. The van der Waals surface area contributed by atoms with Gasteiger partial charge in [0.05, 0.1) is 0 Å². The van der Waals surface area contributed by atoms with Crippen molar-refractivity contribution in [3.05, 3.63) is 24.3 Å². The average molecular weight is 321 g/mol. The molecule has 0 saturated heterocycles. The van der Waals surface area contributed by atoms with E-state index in [9.17, 15) is 9.59 Å². The molecule has 1 aromatic rings. The monoisotopic (exact) mass is 321 g/mol. The van der Waals surface area contributed by atoms with Gasteiger partial charge in [0.15, 0.2) is 11.5 Å². The van der Waals surface area contributed by atoms with Crippen LogP contribution in [0.2, 0.25) is 0 Å². The van der Waals surface area contributed by atoms with Crippen molar-refractivity contribution in [2.75, 3.05) is 6.54 Å². The van der Waals surface area contributed by atoms with Gasteiger partial charge in [0.25, 0.3) is 5.91 Å². The Balaban J connectivity index is 1.69. The Kier molecular flexibility index (Phi) is 6.26. The second kappa shape index (κ2) is 8.41. The second-order valence-corrected chi connectivity index (χ2v) is 5.66. The fourth-order valence-electron chi connectivity index (χ4n) is 2.47. The number of nitrogens with one attached hydrogen (secondary N) is 1. The second-order valence-electron chi connectivity index (χ2n) is 5.66. The number of carboxylic acids is 1. The lowest BCUT2D eigenvalue weighted by Gasteiger charge is -2.31. The summed E-state index contributed by atoms with van der Waals surface area (Å²) in [5.41, 5.74) is 0. The summed E-state index contributed by atoms with van der Waals surface area (Å²) in [5, 5.41) is 11.4. The van der Waals surface area contributed by atoms with Crippen LogP contribution < -0.4 is 14.8 Å². The van der Waals surface area contributed by atoms with E-state index in [0.29, 0.717) is 24.5 Å². The van der Waals surface area contributed by atoms with Crippen LogP contribution in [0.1, 0.15) is 39.0 Å². The molecule has 1 aliphatic rings. The molecule has 2 rings (SSSR count). The quantitative estimate of drug-likeness (QED) is 0.718. The summed E-state index contributed by atoms with van der Waals surface area (Å²) in [5.74, 6) is 0.293. The molecule has 0 saturated carbocycles. The smallest absolute Gasteiger partial charge is 0.303 e. The number of aliphatic carboxylic acids is 1. The molecule has 2 N–H and O–H groups in total. The first kappa shape index (κ1) is 17.1. The molecule has 0 spiro atoms. The highest BCUT2D eigenvalue weighted by atomic mass is 16.6. The van der Waals surface area contributed by atoms with Crippen molar-refractivity contribution in [2.24, 2.45) is 0 Å². The molecule has 0 aliphatic carbocycles. The normalized spacial score (nSPS) is 19.2. The first-order valence-corrected chi connectivity index (χ1v) is 8.00. The number of rotatable bonds is 8. The van der Waals surface area contributed by atoms with Crippen molar-refractivity contribution in [1.29, 1.82) is 0 Å². The van der Waals surface area contributed by atoms with Gasteiger partial charge < -0.3 is 19.9 Å². The molecule has 0 aromatic heterocycles. The Labute approximate surface area is 135 Å². The van der Waals surface area contributed by atoms with Crippen LogP contribution in [0.5, 0.6) is 11.5 Å². The number of unbranched alkanes of at least 4 members (excludes halogenated alkanes) is 3. The Morgan fingerprint density at radius 2 is 1.74 bits per heavy atom. The van der Waals surface area contributed by atoms with E-state index in [0.717, 1.165) is 19.3 Å². The van der Waals surface area contributed by atoms with E-state index in [2.05, 4.69) is 5.32 Å². The van der Waals surface area contributed by atoms with E-state index in [1.165, 1.54) is 0 Å². The van der Waals surface area contributed by atoms with Crippen molar-refractivity contribution in [3.8, 4) is 11.5 Å². The molecule has 23 heavy (non-hydrogen) atoms.